The van der Waals surface area contributed by atoms with Gasteiger partial charge in [-0.1, -0.05) is 35.9 Å². The van der Waals surface area contributed by atoms with E-state index in [0.717, 1.165) is 29.5 Å². The molecule has 0 aliphatic carbocycles. The Balaban J connectivity index is 1.36. The number of nitrogens with one attached hydrogen (secondary N) is 1. The molecule has 2 heterocycles. The van der Waals surface area contributed by atoms with E-state index in [0.29, 0.717) is 24.5 Å². The van der Waals surface area contributed by atoms with Crippen LogP contribution in [-0.2, 0) is 0 Å². The van der Waals surface area contributed by atoms with E-state index in [4.69, 9.17) is 11.6 Å². The van der Waals surface area contributed by atoms with Gasteiger partial charge in [-0.25, -0.2) is 4.98 Å². The van der Waals surface area contributed by atoms with E-state index in [9.17, 15) is 4.79 Å². The van der Waals surface area contributed by atoms with Gasteiger partial charge in [0.25, 0.3) is 5.91 Å². The normalized spacial score (nSPS) is 14.0. The summed E-state index contributed by atoms with van der Waals surface area (Å²) in [7, 11) is 0. The van der Waals surface area contributed by atoms with Gasteiger partial charge in [-0.3, -0.25) is 4.79 Å². The first-order valence-electron chi connectivity index (χ1n) is 9.27. The Morgan fingerprint density at radius 3 is 2.39 bits per heavy atom. The van der Waals surface area contributed by atoms with Crippen molar-refractivity contribution in [2.24, 2.45) is 0 Å². The molecular formula is C22H21ClN4O. The molecule has 2 aromatic carbocycles. The summed E-state index contributed by atoms with van der Waals surface area (Å²) >= 11 is 6.08. The lowest BCUT2D eigenvalue weighted by atomic mass is 10.2. The molecule has 142 valence electrons. The van der Waals surface area contributed by atoms with Gasteiger partial charge in [0.1, 0.15) is 5.82 Å². The van der Waals surface area contributed by atoms with Gasteiger partial charge in [0, 0.05) is 48.8 Å². The Kier molecular flexibility index (Phi) is 5.44. The quantitative estimate of drug-likeness (QED) is 0.713. The minimum absolute atomic E-state index is 0.0181. The highest BCUT2D eigenvalue weighted by Crippen LogP contribution is 2.21. The van der Waals surface area contributed by atoms with E-state index < -0.39 is 0 Å². The number of hydrogen-bond donors (Lipinski definition) is 1. The van der Waals surface area contributed by atoms with Crippen LogP contribution < -0.4 is 10.2 Å². The Hall–Kier alpha value is -3.05. The Labute approximate surface area is 169 Å². The van der Waals surface area contributed by atoms with Gasteiger partial charge < -0.3 is 15.1 Å². The van der Waals surface area contributed by atoms with Gasteiger partial charge in [0.05, 0.1) is 5.56 Å². The zero-order valence-corrected chi connectivity index (χ0v) is 16.1. The summed E-state index contributed by atoms with van der Waals surface area (Å²) in [4.78, 5) is 21.3. The van der Waals surface area contributed by atoms with Crippen LogP contribution in [0.4, 0.5) is 17.2 Å². The van der Waals surface area contributed by atoms with Crippen molar-refractivity contribution < 1.29 is 4.79 Å². The monoisotopic (exact) mass is 392 g/mol. The molecule has 28 heavy (non-hydrogen) atoms. The van der Waals surface area contributed by atoms with Crippen molar-refractivity contribution in [3.05, 3.63) is 83.5 Å². The van der Waals surface area contributed by atoms with E-state index in [2.05, 4.69) is 15.2 Å². The van der Waals surface area contributed by atoms with Crippen LogP contribution in [0.1, 0.15) is 10.4 Å². The van der Waals surface area contributed by atoms with Crippen molar-refractivity contribution in [3.8, 4) is 0 Å². The van der Waals surface area contributed by atoms with Crippen molar-refractivity contribution in [2.75, 3.05) is 36.4 Å². The average Bonchev–Trinajstić information content (AvgIpc) is 2.75. The van der Waals surface area contributed by atoms with Crippen molar-refractivity contribution >= 4 is 34.7 Å². The van der Waals surface area contributed by atoms with Gasteiger partial charge >= 0.3 is 0 Å². The van der Waals surface area contributed by atoms with Gasteiger partial charge in [-0.2, -0.15) is 0 Å². The number of carbonyl (C=O) groups is 1. The van der Waals surface area contributed by atoms with E-state index in [1.807, 2.05) is 71.6 Å². The van der Waals surface area contributed by atoms with E-state index in [1.165, 1.54) is 0 Å². The van der Waals surface area contributed by atoms with Gasteiger partial charge in [0.15, 0.2) is 0 Å². The molecule has 6 heteroatoms. The second-order valence-corrected chi connectivity index (χ2v) is 7.12. The van der Waals surface area contributed by atoms with Gasteiger partial charge in [0.2, 0.25) is 0 Å². The minimum atomic E-state index is 0.0181. The van der Waals surface area contributed by atoms with Crippen LogP contribution in [0.3, 0.4) is 0 Å². The maximum atomic E-state index is 12.8. The number of benzene rings is 2. The van der Waals surface area contributed by atoms with Crippen LogP contribution in [0.15, 0.2) is 72.9 Å². The van der Waals surface area contributed by atoms with Crippen LogP contribution in [0.5, 0.6) is 0 Å². The molecule has 1 aromatic heterocycles. The third kappa shape index (κ3) is 4.26. The molecule has 1 N–H and O–H groups in total. The molecule has 1 aliphatic rings. The van der Waals surface area contributed by atoms with Crippen molar-refractivity contribution in [3.63, 3.8) is 0 Å². The van der Waals surface area contributed by atoms with Gasteiger partial charge in [-0.05, 0) is 42.5 Å². The van der Waals surface area contributed by atoms with Crippen LogP contribution in [0, 0.1) is 0 Å². The summed E-state index contributed by atoms with van der Waals surface area (Å²) in [5.74, 6) is 0.734. The lowest BCUT2D eigenvalue weighted by molar-refractivity contribution is 0.0746. The smallest absolute Gasteiger partial charge is 0.255 e. The zero-order valence-electron chi connectivity index (χ0n) is 15.4. The third-order valence-corrected chi connectivity index (χ3v) is 5.03. The average molecular weight is 393 g/mol. The maximum Gasteiger partial charge on any atom is 0.255 e. The number of hydrogen-bond acceptors (Lipinski definition) is 4. The van der Waals surface area contributed by atoms with Crippen molar-refractivity contribution in [2.45, 2.75) is 0 Å². The molecule has 0 spiro atoms. The van der Waals surface area contributed by atoms with Crippen LogP contribution in [0.25, 0.3) is 0 Å². The summed E-state index contributed by atoms with van der Waals surface area (Å²) in [5, 5.41) is 3.95. The number of rotatable bonds is 4. The third-order valence-electron chi connectivity index (χ3n) is 4.80. The number of halogens is 1. The first kappa shape index (κ1) is 18.3. The predicted octanol–water partition coefficient (Wildman–Crippen LogP) is 4.44. The van der Waals surface area contributed by atoms with Crippen molar-refractivity contribution in [1.82, 2.24) is 9.88 Å². The number of pyridine rings is 1. The molecule has 1 saturated heterocycles. The Morgan fingerprint density at radius 2 is 1.71 bits per heavy atom. The summed E-state index contributed by atoms with van der Waals surface area (Å²) in [5.41, 5.74) is 2.67. The second kappa shape index (κ2) is 8.31. The first-order chi connectivity index (χ1) is 13.7. The topological polar surface area (TPSA) is 48.5 Å². The van der Waals surface area contributed by atoms with Crippen LogP contribution in [0.2, 0.25) is 5.02 Å². The number of piperazine rings is 1. The molecule has 0 unspecified atom stereocenters. The number of carbonyl (C=O) groups excluding carboxylic acids is 1. The molecule has 0 radical (unpaired) electrons. The number of aromatic nitrogens is 1. The largest absolute Gasteiger partial charge is 0.368 e. The predicted molar refractivity (Wildman–Crippen MR) is 114 cm³/mol. The highest BCUT2D eigenvalue weighted by Gasteiger charge is 2.22. The summed E-state index contributed by atoms with van der Waals surface area (Å²) in [6.07, 6.45) is 1.64. The van der Waals surface area contributed by atoms with Crippen LogP contribution in [-0.4, -0.2) is 42.0 Å². The summed E-state index contributed by atoms with van der Waals surface area (Å²) in [6, 6.07) is 21.3. The fourth-order valence-electron chi connectivity index (χ4n) is 3.29. The second-order valence-electron chi connectivity index (χ2n) is 6.68. The zero-order chi connectivity index (χ0) is 19.3. The molecule has 0 bridgehead atoms. The fraction of sp³-hybridized carbons (Fsp3) is 0.182. The number of para-hydroxylation sites is 1. The summed E-state index contributed by atoms with van der Waals surface area (Å²) in [6.45, 7) is 2.92. The van der Waals surface area contributed by atoms with E-state index in [1.54, 1.807) is 6.20 Å². The number of nitrogens with zero attached hydrogens (tertiary/aromatic N) is 3. The molecule has 0 atom stereocenters. The standard InChI is InChI=1S/C22H21ClN4O/c23-18-5-4-8-20(15-18)26-11-13-27(14-12-26)22(28)17-9-10-21(24-16-17)25-19-6-2-1-3-7-19/h1-10,15-16H,11-14H2,(H,24,25). The van der Waals surface area contributed by atoms with Crippen LogP contribution >= 0.6 is 11.6 Å². The number of amides is 1. The first-order valence-corrected chi connectivity index (χ1v) is 9.65. The molecule has 3 aromatic rings. The summed E-state index contributed by atoms with van der Waals surface area (Å²) < 4.78 is 0. The highest BCUT2D eigenvalue weighted by atomic mass is 35.5. The minimum Gasteiger partial charge on any atom is -0.368 e. The Morgan fingerprint density at radius 1 is 0.929 bits per heavy atom. The maximum absolute atomic E-state index is 12.8. The fourth-order valence-corrected chi connectivity index (χ4v) is 3.47. The van der Waals surface area contributed by atoms with E-state index >= 15 is 0 Å². The molecule has 1 amide bonds. The molecule has 1 aliphatic heterocycles. The molecule has 5 nitrogen and oxygen atoms in total. The molecule has 0 saturated carbocycles. The lowest BCUT2D eigenvalue weighted by Crippen LogP contribution is -2.48. The van der Waals surface area contributed by atoms with Gasteiger partial charge in [-0.15, -0.1) is 0 Å². The molecule has 4 rings (SSSR count). The number of anilines is 3. The molecular weight excluding hydrogens is 372 g/mol. The lowest BCUT2D eigenvalue weighted by Gasteiger charge is -2.36. The van der Waals surface area contributed by atoms with E-state index in [-0.39, 0.29) is 5.91 Å². The SMILES string of the molecule is O=C(c1ccc(Nc2ccccc2)nc1)N1CCN(c2cccc(Cl)c2)CC1. The van der Waals surface area contributed by atoms with Crippen molar-refractivity contribution in [1.29, 1.82) is 0 Å². The molecule has 1 fully saturated rings. The Bertz CT molecular complexity index is 938. The highest BCUT2D eigenvalue weighted by molar-refractivity contribution is 6.30.